The minimum atomic E-state index is -3.63. The van der Waals surface area contributed by atoms with Crippen molar-refractivity contribution < 1.29 is 53.5 Å². The van der Waals surface area contributed by atoms with Gasteiger partial charge in [-0.15, -0.1) is 0 Å². The summed E-state index contributed by atoms with van der Waals surface area (Å²) in [4.78, 5) is 55.7. The van der Waals surface area contributed by atoms with E-state index in [0.717, 1.165) is 101 Å². The molecule has 5 aliphatic rings. The number of aromatic nitrogens is 5. The Hall–Kier alpha value is -9.05. The second kappa shape index (κ2) is 32.1. The van der Waals surface area contributed by atoms with Crippen molar-refractivity contribution in [2.24, 2.45) is 5.14 Å². The first-order valence-electron chi connectivity index (χ1n) is 33.3. The van der Waals surface area contributed by atoms with Crippen molar-refractivity contribution in [3.8, 4) is 0 Å². The van der Waals surface area contributed by atoms with E-state index in [2.05, 4.69) is 37.1 Å². The van der Waals surface area contributed by atoms with Gasteiger partial charge in [0, 0.05) is 209 Å². The lowest BCUT2D eigenvalue weighted by Gasteiger charge is -2.26. The molecular weight excluding hydrogens is 1390 g/mol. The normalized spacial score (nSPS) is 16.2. The van der Waals surface area contributed by atoms with Crippen LogP contribution in [0.3, 0.4) is 0 Å². The number of nitrogens with zero attached hydrogens (tertiary/aromatic N) is 5. The Morgan fingerprint density at radius 3 is 1.18 bits per heavy atom. The molecule has 0 atom stereocenters. The second-order valence-corrected chi connectivity index (χ2v) is 30.0. The van der Waals surface area contributed by atoms with Crippen molar-refractivity contribution in [3.05, 3.63) is 207 Å². The van der Waals surface area contributed by atoms with E-state index in [1.165, 1.54) is 73.5 Å². The highest BCUT2D eigenvalue weighted by atomic mass is 35.5. The molecule has 0 fully saturated rings. The van der Waals surface area contributed by atoms with Gasteiger partial charge in [0.25, 0.3) is 10.2 Å². The average molecular weight is 1470 g/mol. The van der Waals surface area contributed by atoms with Crippen LogP contribution >= 0.6 is 23.2 Å². The number of ether oxygens (including phenoxy) is 1. The van der Waals surface area contributed by atoms with E-state index in [9.17, 15) is 48.8 Å². The molecule has 0 radical (unpaired) electrons. The van der Waals surface area contributed by atoms with Crippen LogP contribution in [0.25, 0.3) is 82.4 Å². The maximum absolute atomic E-state index is 13.4. The number of sulfonamides is 1. The van der Waals surface area contributed by atoms with Crippen molar-refractivity contribution in [1.29, 1.82) is 0 Å². The van der Waals surface area contributed by atoms with Gasteiger partial charge in [-0.3, -0.25) is 14.4 Å². The zero-order valence-electron chi connectivity index (χ0n) is 56.9. The smallest absolute Gasteiger partial charge is 0.277 e. The molecule has 5 aromatic carbocycles. The monoisotopic (exact) mass is 1470 g/mol. The molecule has 0 spiro atoms. The van der Waals surface area contributed by atoms with Crippen LogP contribution in [-0.2, 0) is 39.4 Å². The number of benzene rings is 5. The van der Waals surface area contributed by atoms with E-state index < -0.39 is 31.9 Å². The summed E-state index contributed by atoms with van der Waals surface area (Å²) in [6.45, 7) is 12.7. The fraction of sp³-hybridized carbons (Fsp3) is 0.293. The van der Waals surface area contributed by atoms with Gasteiger partial charge in [0.2, 0.25) is 27.7 Å². The molecule has 536 valence electrons. The van der Waals surface area contributed by atoms with Crippen LogP contribution in [0.15, 0.2) is 146 Å². The molecule has 5 aliphatic heterocycles. The number of nitrogens with two attached hydrogens (primary N) is 1. The van der Waals surface area contributed by atoms with Crippen molar-refractivity contribution in [1.82, 2.24) is 48.2 Å². The van der Waals surface area contributed by atoms with Crippen LogP contribution < -0.4 is 5.14 Å². The summed E-state index contributed by atoms with van der Waals surface area (Å²) >= 11 is 12.1. The minimum Gasteiger partial charge on any atom is -0.369 e. The van der Waals surface area contributed by atoms with Crippen molar-refractivity contribution in [2.75, 3.05) is 78.3 Å². The van der Waals surface area contributed by atoms with Gasteiger partial charge in [-0.2, -0.15) is 17.0 Å². The Balaban J connectivity index is 0.000000128. The highest BCUT2D eigenvalue weighted by molar-refractivity contribution is 7.88. The summed E-state index contributed by atoms with van der Waals surface area (Å²) < 4.78 is 107. The molecule has 0 saturated heterocycles. The van der Waals surface area contributed by atoms with Gasteiger partial charge in [-0.1, -0.05) is 53.6 Å². The lowest BCUT2D eigenvalue weighted by molar-refractivity contribution is -0.137. The summed E-state index contributed by atoms with van der Waals surface area (Å²) in [5.41, 5.74) is 15.2. The molecule has 0 unspecified atom stereocenters. The van der Waals surface area contributed by atoms with E-state index in [4.69, 9.17) is 33.1 Å². The standard InChI is InChI=1S/C18H21FN2O2.C15H15ClN2O.C15H14F2N2O.C14H15ClN2O2S.C13H14FN3O2S/c1-12(2)23-11-18(22)21-7-5-13(6-8-21)16-10-20-17-9-14(19)3-4-15(16)17;1-10(19)18-6-4-11(5-7-18)14-9-17-15-3-2-12(16)8-13(14)15;1-9(20)19-4-2-10(3-5-19)12-8-18-15-7-14(17)13(16)6-11(12)15;1-20(18,19)17-6-4-10(5-7-17)13-9-16-14-3-2-11(15)8-12(13)14;14-10-1-2-11-12(8-16-13(11)7-10)9-3-5-17(6-4-9)20(15,18)19/h3-5,9-10,12,20H,6-8,11H2,1-2H3;2-4,8-9,17H,5-7H2,1H3;2,6-8,18H,3-5H2,1H3;2-4,8-9,16H,5-7H2,1H3;1-3,7-8,16H,4-6H2,(H2,15,18,19). The Morgan fingerprint density at radius 2 is 0.814 bits per heavy atom. The molecule has 15 rings (SSSR count). The van der Waals surface area contributed by atoms with E-state index in [0.29, 0.717) is 87.5 Å². The number of hydrogen-bond acceptors (Lipinski definition) is 8. The highest BCUT2D eigenvalue weighted by Crippen LogP contribution is 2.36. The summed E-state index contributed by atoms with van der Waals surface area (Å²) in [5, 5.41) is 11.4. The molecule has 5 aromatic heterocycles. The Morgan fingerprint density at radius 1 is 0.461 bits per heavy atom. The topological polar surface area (TPSA) is 250 Å². The van der Waals surface area contributed by atoms with Crippen LogP contribution in [0.4, 0.5) is 17.6 Å². The molecule has 19 nitrogen and oxygen atoms in total. The quantitative estimate of drug-likeness (QED) is 0.0717. The number of halogens is 6. The molecule has 3 amide bonds. The number of amides is 3. The van der Waals surface area contributed by atoms with Gasteiger partial charge in [0.15, 0.2) is 11.6 Å². The Bertz CT molecular complexity index is 5230. The number of fused-ring (bicyclic) bond motifs is 5. The predicted molar refractivity (Wildman–Crippen MR) is 398 cm³/mol. The predicted octanol–water partition coefficient (Wildman–Crippen LogP) is 14.4. The van der Waals surface area contributed by atoms with Gasteiger partial charge in [-0.05, 0) is 153 Å². The van der Waals surface area contributed by atoms with Gasteiger partial charge in [0.05, 0.1) is 12.4 Å². The van der Waals surface area contributed by atoms with Gasteiger partial charge in [-0.25, -0.2) is 31.1 Å². The number of carbonyl (C=O) groups excluding carboxylic acids is 3. The largest absolute Gasteiger partial charge is 0.369 e. The van der Waals surface area contributed by atoms with E-state index in [1.54, 1.807) is 42.0 Å². The fourth-order valence-electron chi connectivity index (χ4n) is 13.0. The summed E-state index contributed by atoms with van der Waals surface area (Å²) in [6, 6.07) is 23.3. The zero-order valence-corrected chi connectivity index (χ0v) is 60.1. The Kier molecular flexibility index (Phi) is 23.3. The highest BCUT2D eigenvalue weighted by Gasteiger charge is 2.26. The van der Waals surface area contributed by atoms with Gasteiger partial charge >= 0.3 is 0 Å². The van der Waals surface area contributed by atoms with E-state index in [1.807, 2.05) is 98.2 Å². The first kappa shape index (κ1) is 74.1. The molecule has 0 aliphatic carbocycles. The first-order valence-corrected chi connectivity index (χ1v) is 37.4. The number of carbonyl (C=O) groups is 3. The SMILES string of the molecule is CC(=O)N1CC=C(c2c[nH]c3cc(F)c(F)cc23)CC1.CC(=O)N1CC=C(c2c[nH]c3ccc(Cl)cc23)CC1.CC(C)OCC(=O)N1CC=C(c2c[nH]c3cc(F)ccc23)CC1.CS(=O)(=O)N1CC=C(c2c[nH]c3ccc(Cl)cc23)CC1.NS(=O)(=O)N1CC=C(c2c[nH]c3cc(F)ccc23)CC1. The zero-order chi connectivity index (χ0) is 72.7. The molecule has 27 heteroatoms. The van der Waals surface area contributed by atoms with Gasteiger partial charge in [0.1, 0.15) is 18.2 Å². The van der Waals surface area contributed by atoms with Crippen LogP contribution in [-0.4, -0.2) is 167 Å². The van der Waals surface area contributed by atoms with Crippen molar-refractivity contribution in [2.45, 2.75) is 65.9 Å². The van der Waals surface area contributed by atoms with Crippen LogP contribution in [0.5, 0.6) is 0 Å². The summed E-state index contributed by atoms with van der Waals surface area (Å²) in [6.07, 6.45) is 24.5. The molecule has 7 N–H and O–H groups in total. The Labute approximate surface area is 598 Å². The first-order chi connectivity index (χ1) is 48.6. The second-order valence-electron chi connectivity index (χ2n) is 25.6. The minimum absolute atomic E-state index is 0.0231. The molecular formula is C75H79Cl2F4N11O8S2. The number of rotatable bonds is 10. The lowest BCUT2D eigenvalue weighted by Crippen LogP contribution is -2.39. The van der Waals surface area contributed by atoms with Crippen molar-refractivity contribution >= 4 is 144 Å². The van der Waals surface area contributed by atoms with Gasteiger partial charge < -0.3 is 44.4 Å². The third-order valence-electron chi connectivity index (χ3n) is 18.6. The molecule has 0 bridgehead atoms. The van der Waals surface area contributed by atoms with E-state index in [-0.39, 0.29) is 48.6 Å². The molecule has 102 heavy (non-hydrogen) atoms. The molecule has 0 saturated carbocycles. The average Bonchev–Trinajstić information content (AvgIpc) is 1.65. The maximum atomic E-state index is 13.4. The molecule has 10 heterocycles. The number of hydrogen-bond donors (Lipinski definition) is 6. The van der Waals surface area contributed by atoms with E-state index >= 15 is 0 Å². The molecule has 10 aromatic rings. The lowest BCUT2D eigenvalue weighted by atomic mass is 9.99. The fourth-order valence-corrected chi connectivity index (χ4v) is 14.8. The third kappa shape index (κ3) is 17.9. The number of aromatic amines is 5. The summed E-state index contributed by atoms with van der Waals surface area (Å²) in [5.74, 6) is -2.03. The third-order valence-corrected chi connectivity index (χ3v) is 21.4. The van der Waals surface area contributed by atoms with Crippen LogP contribution in [0, 0.1) is 23.3 Å². The number of H-pyrrole nitrogens is 5. The summed E-state index contributed by atoms with van der Waals surface area (Å²) in [7, 11) is -6.74. The van der Waals surface area contributed by atoms with Crippen LogP contribution in [0.2, 0.25) is 10.0 Å². The maximum Gasteiger partial charge on any atom is 0.277 e. The van der Waals surface area contributed by atoms with Crippen molar-refractivity contribution in [3.63, 3.8) is 0 Å². The van der Waals surface area contributed by atoms with Crippen LogP contribution in [0.1, 0.15) is 87.6 Å². The number of nitrogens with one attached hydrogen (secondary N) is 5.